The van der Waals surface area contributed by atoms with Gasteiger partial charge in [0.1, 0.15) is 5.75 Å². The van der Waals surface area contributed by atoms with Gasteiger partial charge in [-0.25, -0.2) is 0 Å². The van der Waals surface area contributed by atoms with E-state index in [1.165, 1.54) is 36.8 Å². The summed E-state index contributed by atoms with van der Waals surface area (Å²) in [7, 11) is -2.54. The van der Waals surface area contributed by atoms with Gasteiger partial charge in [0.15, 0.2) is 5.12 Å². The predicted molar refractivity (Wildman–Crippen MR) is 176 cm³/mol. The van der Waals surface area contributed by atoms with Crippen LogP contribution in [0.4, 0.5) is 0 Å². The highest BCUT2D eigenvalue weighted by Gasteiger charge is 2.40. The number of hydrogen-bond donors (Lipinski definition) is 0. The van der Waals surface area contributed by atoms with Crippen molar-refractivity contribution in [2.45, 2.75) is 168 Å². The van der Waals surface area contributed by atoms with E-state index in [9.17, 15) is 4.79 Å². The van der Waals surface area contributed by atoms with Crippen molar-refractivity contribution in [3.8, 4) is 5.75 Å². The van der Waals surface area contributed by atoms with Crippen LogP contribution in [0.3, 0.4) is 0 Å². The van der Waals surface area contributed by atoms with E-state index >= 15 is 0 Å². The van der Waals surface area contributed by atoms with Gasteiger partial charge in [0.05, 0.1) is 0 Å². The lowest BCUT2D eigenvalue weighted by Crippen LogP contribution is -2.46. The molecular formula is C34H62O3SSi. The summed E-state index contributed by atoms with van der Waals surface area (Å²) < 4.78 is 13.9. The minimum Gasteiger partial charge on any atom is -0.520 e. The minimum atomic E-state index is -2.54. The molecule has 2 atom stereocenters. The normalized spacial score (nSPS) is 14.7. The van der Waals surface area contributed by atoms with Crippen LogP contribution in [0, 0.1) is 0 Å². The van der Waals surface area contributed by atoms with Crippen molar-refractivity contribution in [2.24, 2.45) is 0 Å². The van der Waals surface area contributed by atoms with Crippen LogP contribution in [0.15, 0.2) is 18.2 Å². The Morgan fingerprint density at radius 3 is 2.08 bits per heavy atom. The lowest BCUT2D eigenvalue weighted by Gasteiger charge is -2.35. The molecular weight excluding hydrogens is 517 g/mol. The quantitative estimate of drug-likeness (QED) is 0.121. The number of carbonyl (C=O) groups excluding carboxylic acids is 1. The molecule has 0 aliphatic heterocycles. The molecule has 0 amide bonds. The zero-order valence-electron chi connectivity index (χ0n) is 27.3. The van der Waals surface area contributed by atoms with Gasteiger partial charge < -0.3 is 8.85 Å². The van der Waals surface area contributed by atoms with Crippen molar-refractivity contribution in [3.05, 3.63) is 29.3 Å². The average molecular weight is 579 g/mol. The van der Waals surface area contributed by atoms with Crippen LogP contribution in [0.1, 0.15) is 151 Å². The molecule has 0 spiro atoms. The zero-order chi connectivity index (χ0) is 29.5. The molecule has 0 fully saturated rings. The summed E-state index contributed by atoms with van der Waals surface area (Å²) in [6, 6.07) is 8.72. The largest absolute Gasteiger partial charge is 0.520 e. The first-order valence-corrected chi connectivity index (χ1v) is 19.1. The van der Waals surface area contributed by atoms with Crippen molar-refractivity contribution >= 4 is 25.4 Å². The zero-order valence-corrected chi connectivity index (χ0v) is 29.2. The molecule has 0 saturated heterocycles. The molecule has 226 valence electrons. The Kier molecular flexibility index (Phi) is 16.6. The van der Waals surface area contributed by atoms with Crippen LogP contribution >= 0.6 is 11.8 Å². The second-order valence-corrected chi connectivity index (χ2v) is 18.1. The van der Waals surface area contributed by atoms with Crippen molar-refractivity contribution < 1.29 is 13.6 Å². The van der Waals surface area contributed by atoms with Gasteiger partial charge in [-0.2, -0.15) is 0 Å². The molecule has 3 nitrogen and oxygen atoms in total. The predicted octanol–water partition coefficient (Wildman–Crippen LogP) is 11.1. The van der Waals surface area contributed by atoms with Crippen molar-refractivity contribution in [1.82, 2.24) is 0 Å². The van der Waals surface area contributed by atoms with E-state index in [2.05, 4.69) is 87.4 Å². The molecule has 1 rings (SSSR count). The topological polar surface area (TPSA) is 35.5 Å². The highest BCUT2D eigenvalue weighted by atomic mass is 32.2. The van der Waals surface area contributed by atoms with Crippen LogP contribution in [-0.4, -0.2) is 25.5 Å². The first-order chi connectivity index (χ1) is 18.3. The van der Waals surface area contributed by atoms with Crippen LogP contribution in [0.2, 0.25) is 12.1 Å². The fraction of sp³-hybridized carbons (Fsp3) is 0.794. The van der Waals surface area contributed by atoms with Gasteiger partial charge in [-0.05, 0) is 53.7 Å². The summed E-state index contributed by atoms with van der Waals surface area (Å²) in [5.41, 5.74) is 2.66. The van der Waals surface area contributed by atoms with E-state index in [1.54, 1.807) is 11.8 Å². The van der Waals surface area contributed by atoms with Crippen molar-refractivity contribution in [3.63, 3.8) is 0 Å². The second-order valence-electron chi connectivity index (χ2n) is 13.4. The van der Waals surface area contributed by atoms with E-state index < -0.39 is 8.56 Å². The summed E-state index contributed by atoms with van der Waals surface area (Å²) in [5, 5.41) is 0.719. The van der Waals surface area contributed by atoms with Gasteiger partial charge in [0.2, 0.25) is 0 Å². The maximum Gasteiger partial charge on any atom is 0.398 e. The van der Waals surface area contributed by atoms with Gasteiger partial charge >= 0.3 is 8.56 Å². The molecule has 0 radical (unpaired) electrons. The summed E-state index contributed by atoms with van der Waals surface area (Å²) >= 11 is 1.61. The number of carbonyl (C=O) groups is 1. The number of benzene rings is 1. The van der Waals surface area contributed by atoms with E-state index in [1.807, 2.05) is 0 Å². The lowest BCUT2D eigenvalue weighted by atomic mass is 9.80. The van der Waals surface area contributed by atoms with Gasteiger partial charge in [0, 0.05) is 30.4 Å². The number of hydrogen-bond acceptors (Lipinski definition) is 4. The van der Waals surface area contributed by atoms with Crippen molar-refractivity contribution in [1.29, 1.82) is 0 Å². The van der Waals surface area contributed by atoms with Crippen LogP contribution in [0.25, 0.3) is 0 Å². The fourth-order valence-electron chi connectivity index (χ4n) is 5.02. The Labute approximate surface area is 248 Å². The van der Waals surface area contributed by atoms with Crippen LogP contribution in [0.5, 0.6) is 5.75 Å². The molecule has 0 aliphatic rings. The third-order valence-electron chi connectivity index (χ3n) is 7.39. The third kappa shape index (κ3) is 13.6. The smallest absolute Gasteiger partial charge is 0.398 e. The van der Waals surface area contributed by atoms with E-state index in [0.717, 1.165) is 63.0 Å². The second kappa shape index (κ2) is 17.9. The lowest BCUT2D eigenvalue weighted by molar-refractivity contribution is -0.111. The SMILES string of the molecule is CCCCCCCC(=O)SC(CCC)CC[Si](CCC)(OCCC)Oc1ccc(C(C)(C)C)cc1C(C)(C)C. The molecule has 0 heterocycles. The average Bonchev–Trinajstić information content (AvgIpc) is 2.85. The Morgan fingerprint density at radius 1 is 0.821 bits per heavy atom. The molecule has 0 saturated carbocycles. The van der Waals surface area contributed by atoms with Gasteiger partial charge in [-0.15, -0.1) is 0 Å². The molecule has 5 heteroatoms. The van der Waals surface area contributed by atoms with Crippen LogP contribution < -0.4 is 4.43 Å². The first kappa shape index (κ1) is 36.2. The number of unbranched alkanes of at least 4 members (excludes halogenated alkanes) is 4. The number of thioether (sulfide) groups is 1. The first-order valence-electron chi connectivity index (χ1n) is 16.0. The molecule has 0 bridgehead atoms. The third-order valence-corrected chi connectivity index (χ3v) is 12.3. The number of rotatable bonds is 19. The summed E-state index contributed by atoms with van der Waals surface area (Å²) in [5.74, 6) is 0.995. The highest BCUT2D eigenvalue weighted by Crippen LogP contribution is 2.39. The standard InChI is InChI=1S/C34H62O3SSi/c1-11-15-16-17-18-20-32(35)38-29(19-12-2)23-26-39(25-14-4,36-24-13-3)37-31-22-21-28(33(5,6)7)27-30(31)34(8,9)10/h21-22,27,29H,11-20,23-26H2,1-10H3. The van der Waals surface area contributed by atoms with E-state index in [4.69, 9.17) is 8.85 Å². The van der Waals surface area contributed by atoms with Gasteiger partial charge in [-0.3, -0.25) is 4.79 Å². The summed E-state index contributed by atoms with van der Waals surface area (Å²) in [6.45, 7) is 23.3. The Hall–Kier alpha value is -0.783. The van der Waals surface area contributed by atoms with Gasteiger partial charge in [-0.1, -0.05) is 132 Å². The maximum atomic E-state index is 12.9. The molecule has 0 N–H and O–H groups in total. The van der Waals surface area contributed by atoms with Crippen molar-refractivity contribution in [2.75, 3.05) is 6.61 Å². The van der Waals surface area contributed by atoms with Crippen LogP contribution in [-0.2, 0) is 20.1 Å². The minimum absolute atomic E-state index is 0.0299. The summed E-state index contributed by atoms with van der Waals surface area (Å²) in [4.78, 5) is 12.9. The van der Waals surface area contributed by atoms with E-state index in [0.29, 0.717) is 16.8 Å². The Balaban J connectivity index is 3.17. The molecule has 1 aromatic rings. The Morgan fingerprint density at radius 2 is 1.51 bits per heavy atom. The highest BCUT2D eigenvalue weighted by molar-refractivity contribution is 8.14. The molecule has 0 aliphatic carbocycles. The maximum absolute atomic E-state index is 12.9. The molecule has 39 heavy (non-hydrogen) atoms. The molecule has 1 aromatic carbocycles. The van der Waals surface area contributed by atoms with E-state index in [-0.39, 0.29) is 10.8 Å². The summed E-state index contributed by atoms with van der Waals surface area (Å²) in [6.07, 6.45) is 11.9. The fourth-order valence-corrected chi connectivity index (χ4v) is 9.96. The van der Waals surface area contributed by atoms with Gasteiger partial charge in [0.25, 0.3) is 0 Å². The monoisotopic (exact) mass is 578 g/mol. The molecule has 0 aromatic heterocycles. The molecule has 2 unspecified atom stereocenters. The Bertz CT molecular complexity index is 827.